The molecule has 82 valence electrons. The summed E-state index contributed by atoms with van der Waals surface area (Å²) in [5.41, 5.74) is 2.81. The van der Waals surface area contributed by atoms with Crippen molar-refractivity contribution in [1.29, 1.82) is 0 Å². The van der Waals surface area contributed by atoms with Crippen LogP contribution in [-0.2, 0) is 10.8 Å². The summed E-state index contributed by atoms with van der Waals surface area (Å²) in [4.78, 5) is 0. The molecule has 1 nitrogen and oxygen atoms in total. The third-order valence-electron chi connectivity index (χ3n) is 2.56. The molecule has 2 heteroatoms. The van der Waals surface area contributed by atoms with E-state index in [2.05, 4.69) is 44.2 Å². The lowest BCUT2D eigenvalue weighted by atomic mass is 9.97. The highest BCUT2D eigenvalue weighted by Gasteiger charge is 2.03. The highest BCUT2D eigenvalue weighted by atomic mass is 28.2. The normalized spacial score (nSPS) is 12.1. The van der Waals surface area contributed by atoms with E-state index in [9.17, 15) is 0 Å². The average Bonchev–Trinajstić information content (AvgIpc) is 2.25. The van der Waals surface area contributed by atoms with Crippen LogP contribution in [0.15, 0.2) is 42.2 Å². The van der Waals surface area contributed by atoms with Crippen LogP contribution in [0, 0.1) is 5.92 Å². The standard InChI is InChI=1S/C13H20OSi/c1-11(2)13(10-14-15)9-8-12-6-4-3-5-7-12/h3-7,10-11H,8-9H2,1-2,15H3. The van der Waals surface area contributed by atoms with Crippen LogP contribution in [-0.4, -0.2) is 10.5 Å². The summed E-state index contributed by atoms with van der Waals surface area (Å²) in [6.07, 6.45) is 4.15. The third-order valence-corrected chi connectivity index (χ3v) is 2.79. The first-order chi connectivity index (χ1) is 7.24. The van der Waals surface area contributed by atoms with Crippen LogP contribution in [0.3, 0.4) is 0 Å². The molecule has 0 saturated carbocycles. The van der Waals surface area contributed by atoms with Crippen molar-refractivity contribution < 1.29 is 4.43 Å². The largest absolute Gasteiger partial charge is 0.558 e. The predicted octanol–water partition coefficient (Wildman–Crippen LogP) is 2.46. The van der Waals surface area contributed by atoms with Crippen LogP contribution in [0.4, 0.5) is 0 Å². The topological polar surface area (TPSA) is 9.23 Å². The SMILES string of the molecule is CC(C)C(=CO[SiH3])CCc1ccccc1. The van der Waals surface area contributed by atoms with Gasteiger partial charge in [-0.1, -0.05) is 44.2 Å². The number of aryl methyl sites for hydroxylation is 1. The second-order valence-electron chi connectivity index (χ2n) is 4.07. The maximum Gasteiger partial charge on any atom is 0.203 e. The number of benzene rings is 1. The van der Waals surface area contributed by atoms with Gasteiger partial charge in [0, 0.05) is 0 Å². The zero-order chi connectivity index (χ0) is 11.1. The van der Waals surface area contributed by atoms with Crippen LogP contribution in [0.2, 0.25) is 0 Å². The van der Waals surface area contributed by atoms with Crippen molar-refractivity contribution in [2.45, 2.75) is 26.7 Å². The van der Waals surface area contributed by atoms with Crippen molar-refractivity contribution in [3.8, 4) is 0 Å². The van der Waals surface area contributed by atoms with Crippen molar-refractivity contribution >= 4 is 10.5 Å². The Labute approximate surface area is 95.7 Å². The quantitative estimate of drug-likeness (QED) is 0.547. The first kappa shape index (κ1) is 12.0. The molecule has 0 aliphatic carbocycles. The fourth-order valence-corrected chi connectivity index (χ4v) is 1.87. The van der Waals surface area contributed by atoms with E-state index in [1.54, 1.807) is 0 Å². The van der Waals surface area contributed by atoms with E-state index in [0.717, 1.165) is 23.3 Å². The Bertz CT molecular complexity index is 304. The average molecular weight is 220 g/mol. The van der Waals surface area contributed by atoms with Crippen LogP contribution < -0.4 is 0 Å². The van der Waals surface area contributed by atoms with E-state index in [1.807, 2.05) is 6.26 Å². The molecule has 0 unspecified atom stereocenters. The molecule has 15 heavy (non-hydrogen) atoms. The maximum absolute atomic E-state index is 5.23. The zero-order valence-electron chi connectivity index (χ0n) is 9.86. The summed E-state index contributed by atoms with van der Waals surface area (Å²) in [7, 11) is 0.784. The molecule has 0 heterocycles. The third kappa shape index (κ3) is 4.34. The van der Waals surface area contributed by atoms with Crippen LogP contribution in [0.5, 0.6) is 0 Å². The Kier molecular flexibility index (Phi) is 5.19. The minimum absolute atomic E-state index is 0.586. The molecule has 0 aromatic heterocycles. The molecule has 0 bridgehead atoms. The van der Waals surface area contributed by atoms with E-state index in [1.165, 1.54) is 11.1 Å². The van der Waals surface area contributed by atoms with E-state index in [4.69, 9.17) is 4.43 Å². The summed E-state index contributed by atoms with van der Waals surface area (Å²) in [5.74, 6) is 0.586. The lowest BCUT2D eigenvalue weighted by molar-refractivity contribution is 0.508. The smallest absolute Gasteiger partial charge is 0.203 e. The molecule has 1 aromatic carbocycles. The van der Waals surface area contributed by atoms with Crippen molar-refractivity contribution in [2.24, 2.45) is 5.92 Å². The highest BCUT2D eigenvalue weighted by Crippen LogP contribution is 2.16. The minimum atomic E-state index is 0.586. The zero-order valence-corrected chi connectivity index (χ0v) is 11.9. The molecule has 0 N–H and O–H groups in total. The van der Waals surface area contributed by atoms with Gasteiger partial charge >= 0.3 is 0 Å². The van der Waals surface area contributed by atoms with E-state index in [0.29, 0.717) is 5.92 Å². The van der Waals surface area contributed by atoms with Crippen LogP contribution in [0.1, 0.15) is 25.8 Å². The van der Waals surface area contributed by atoms with Crippen molar-refractivity contribution in [3.05, 3.63) is 47.7 Å². The van der Waals surface area contributed by atoms with E-state index >= 15 is 0 Å². The Morgan fingerprint density at radius 1 is 1.33 bits per heavy atom. The molecule has 0 amide bonds. The van der Waals surface area contributed by atoms with Gasteiger partial charge in [0.1, 0.15) is 0 Å². The van der Waals surface area contributed by atoms with Gasteiger partial charge < -0.3 is 4.43 Å². The molecule has 0 fully saturated rings. The summed E-state index contributed by atoms with van der Waals surface area (Å²) < 4.78 is 5.23. The number of hydrogen-bond acceptors (Lipinski definition) is 1. The molecule has 0 aliphatic rings. The van der Waals surface area contributed by atoms with Gasteiger partial charge in [-0.15, -0.1) is 0 Å². The molecule has 0 saturated heterocycles. The van der Waals surface area contributed by atoms with Crippen LogP contribution >= 0.6 is 0 Å². The van der Waals surface area contributed by atoms with Gasteiger partial charge in [0.15, 0.2) is 0 Å². The van der Waals surface area contributed by atoms with Gasteiger partial charge in [-0.2, -0.15) is 0 Å². The van der Waals surface area contributed by atoms with Gasteiger partial charge in [-0.05, 0) is 29.9 Å². The Hall–Kier alpha value is -1.02. The lowest BCUT2D eigenvalue weighted by Crippen LogP contribution is -1.97. The lowest BCUT2D eigenvalue weighted by Gasteiger charge is -2.11. The summed E-state index contributed by atoms with van der Waals surface area (Å²) in [6.45, 7) is 4.44. The molecule has 1 aromatic rings. The molecule has 0 radical (unpaired) electrons. The van der Waals surface area contributed by atoms with Gasteiger partial charge in [-0.3, -0.25) is 0 Å². The predicted molar refractivity (Wildman–Crippen MR) is 68.7 cm³/mol. The summed E-state index contributed by atoms with van der Waals surface area (Å²) in [5, 5.41) is 0. The molecular formula is C13H20OSi. The van der Waals surface area contributed by atoms with Gasteiger partial charge in [0.2, 0.25) is 10.5 Å². The number of hydrogen-bond donors (Lipinski definition) is 0. The first-order valence-electron chi connectivity index (χ1n) is 5.49. The van der Waals surface area contributed by atoms with Gasteiger partial charge in [-0.25, -0.2) is 0 Å². The Morgan fingerprint density at radius 2 is 2.00 bits per heavy atom. The number of rotatable bonds is 5. The van der Waals surface area contributed by atoms with Crippen LogP contribution in [0.25, 0.3) is 0 Å². The molecular weight excluding hydrogens is 200 g/mol. The molecule has 0 spiro atoms. The molecule has 0 aliphatic heterocycles. The molecule has 1 rings (SSSR count). The van der Waals surface area contributed by atoms with Gasteiger partial charge in [0.05, 0.1) is 6.26 Å². The Balaban J connectivity index is 2.51. The van der Waals surface area contributed by atoms with E-state index in [-0.39, 0.29) is 0 Å². The maximum atomic E-state index is 5.23. The first-order valence-corrected chi connectivity index (χ1v) is 6.31. The van der Waals surface area contributed by atoms with Crippen molar-refractivity contribution in [1.82, 2.24) is 0 Å². The summed E-state index contributed by atoms with van der Waals surface area (Å²) >= 11 is 0. The monoisotopic (exact) mass is 220 g/mol. The fraction of sp³-hybridized carbons (Fsp3) is 0.385. The highest BCUT2D eigenvalue weighted by molar-refractivity contribution is 5.98. The number of allylic oxidation sites excluding steroid dienone is 1. The van der Waals surface area contributed by atoms with Crippen molar-refractivity contribution in [3.63, 3.8) is 0 Å². The second kappa shape index (κ2) is 6.46. The summed E-state index contributed by atoms with van der Waals surface area (Å²) in [6, 6.07) is 10.6. The second-order valence-corrected chi connectivity index (χ2v) is 4.54. The Morgan fingerprint density at radius 3 is 2.53 bits per heavy atom. The minimum Gasteiger partial charge on any atom is -0.558 e. The fourth-order valence-electron chi connectivity index (χ4n) is 1.57. The van der Waals surface area contributed by atoms with Gasteiger partial charge in [0.25, 0.3) is 0 Å². The molecule has 0 atom stereocenters. The van der Waals surface area contributed by atoms with E-state index < -0.39 is 0 Å². The van der Waals surface area contributed by atoms with Crippen molar-refractivity contribution in [2.75, 3.05) is 0 Å².